The van der Waals surface area contributed by atoms with Crippen LogP contribution in [0.15, 0.2) is 54.6 Å². The zero-order valence-corrected chi connectivity index (χ0v) is 17.8. The minimum atomic E-state index is -0.449. The zero-order chi connectivity index (χ0) is 22.2. The van der Waals surface area contributed by atoms with Gasteiger partial charge in [-0.25, -0.2) is 9.18 Å². The number of benzene rings is 2. The summed E-state index contributed by atoms with van der Waals surface area (Å²) in [5.41, 5.74) is 3.61. The van der Waals surface area contributed by atoms with Crippen LogP contribution in [0.4, 0.5) is 4.39 Å². The van der Waals surface area contributed by atoms with Crippen molar-refractivity contribution in [2.75, 3.05) is 13.2 Å². The molecule has 0 amide bonds. The topological polar surface area (TPSA) is 57.5 Å². The van der Waals surface area contributed by atoms with Crippen LogP contribution in [0.1, 0.15) is 45.3 Å². The van der Waals surface area contributed by atoms with E-state index in [1.54, 1.807) is 13.0 Å². The molecule has 31 heavy (non-hydrogen) atoms. The molecule has 0 aliphatic heterocycles. The predicted octanol–water partition coefficient (Wildman–Crippen LogP) is 5.20. The Bertz CT molecular complexity index is 1040. The summed E-state index contributed by atoms with van der Waals surface area (Å²) < 4.78 is 26.8. The first-order chi connectivity index (χ1) is 15.0. The van der Waals surface area contributed by atoms with Crippen molar-refractivity contribution in [3.05, 3.63) is 82.8 Å². The molecule has 0 radical (unpaired) electrons. The van der Waals surface area contributed by atoms with Crippen molar-refractivity contribution >= 4 is 12.3 Å². The predicted molar refractivity (Wildman–Crippen MR) is 117 cm³/mol. The van der Waals surface area contributed by atoms with Gasteiger partial charge in [-0.15, -0.1) is 0 Å². The van der Waals surface area contributed by atoms with Crippen LogP contribution in [-0.4, -0.2) is 30.0 Å². The van der Waals surface area contributed by atoms with Crippen LogP contribution >= 0.6 is 0 Å². The first-order valence-corrected chi connectivity index (χ1v) is 10.3. The van der Waals surface area contributed by atoms with Gasteiger partial charge in [0.25, 0.3) is 0 Å². The molecule has 6 heteroatoms. The van der Waals surface area contributed by atoms with Gasteiger partial charge >= 0.3 is 5.97 Å². The number of nitrogens with zero attached hydrogens (tertiary/aromatic N) is 1. The van der Waals surface area contributed by atoms with E-state index in [-0.39, 0.29) is 6.61 Å². The molecular weight excluding hydrogens is 397 g/mol. The highest BCUT2D eigenvalue weighted by molar-refractivity contribution is 5.94. The van der Waals surface area contributed by atoms with Gasteiger partial charge in [-0.3, -0.25) is 4.79 Å². The Morgan fingerprint density at radius 2 is 1.90 bits per heavy atom. The zero-order valence-electron chi connectivity index (χ0n) is 17.8. The first kappa shape index (κ1) is 22.4. The van der Waals surface area contributed by atoms with Gasteiger partial charge in [0.15, 0.2) is 6.29 Å². The lowest BCUT2D eigenvalue weighted by Crippen LogP contribution is -2.09. The van der Waals surface area contributed by atoms with Crippen LogP contribution in [0.3, 0.4) is 0 Å². The normalized spacial score (nSPS) is 10.8. The van der Waals surface area contributed by atoms with Gasteiger partial charge in [-0.1, -0.05) is 30.3 Å². The Labute approximate surface area is 181 Å². The maximum atomic E-state index is 14.0. The van der Waals surface area contributed by atoms with Crippen molar-refractivity contribution in [1.82, 2.24) is 4.57 Å². The second kappa shape index (κ2) is 10.7. The molecule has 162 valence electrons. The Balaban J connectivity index is 1.83. The molecule has 0 bridgehead atoms. The Hall–Kier alpha value is -3.25. The highest BCUT2D eigenvalue weighted by atomic mass is 19.1. The van der Waals surface area contributed by atoms with Gasteiger partial charge in [0, 0.05) is 35.7 Å². The third-order valence-electron chi connectivity index (χ3n) is 5.06. The van der Waals surface area contributed by atoms with Crippen molar-refractivity contribution in [2.24, 2.45) is 0 Å². The SMILES string of the molecule is CCOC(=O)c1cc(-c2cc(F)ccc2C=O)n(CCCOCc2ccccc2)c1C. The van der Waals surface area contributed by atoms with Crippen molar-refractivity contribution in [3.8, 4) is 11.3 Å². The van der Waals surface area contributed by atoms with Gasteiger partial charge in [-0.2, -0.15) is 0 Å². The third kappa shape index (κ3) is 5.47. The maximum Gasteiger partial charge on any atom is 0.339 e. The van der Waals surface area contributed by atoms with Crippen LogP contribution in [0.5, 0.6) is 0 Å². The van der Waals surface area contributed by atoms with Crippen LogP contribution in [0.2, 0.25) is 0 Å². The van der Waals surface area contributed by atoms with E-state index in [2.05, 4.69) is 0 Å². The second-order valence-electron chi connectivity index (χ2n) is 7.14. The molecule has 5 nitrogen and oxygen atoms in total. The Morgan fingerprint density at radius 3 is 2.61 bits per heavy atom. The largest absolute Gasteiger partial charge is 0.462 e. The fourth-order valence-corrected chi connectivity index (χ4v) is 3.51. The molecule has 3 aromatic rings. The maximum absolute atomic E-state index is 14.0. The number of hydrogen-bond acceptors (Lipinski definition) is 4. The number of hydrogen-bond donors (Lipinski definition) is 0. The summed E-state index contributed by atoms with van der Waals surface area (Å²) in [6, 6.07) is 15.6. The average molecular weight is 423 g/mol. The van der Waals surface area contributed by atoms with E-state index in [1.165, 1.54) is 18.2 Å². The smallest absolute Gasteiger partial charge is 0.339 e. The molecular formula is C25H26FNO4. The van der Waals surface area contributed by atoms with Gasteiger partial charge in [0.1, 0.15) is 5.82 Å². The molecule has 3 rings (SSSR count). The van der Waals surface area contributed by atoms with E-state index >= 15 is 0 Å². The third-order valence-corrected chi connectivity index (χ3v) is 5.06. The fraction of sp³-hybridized carbons (Fsp3) is 0.280. The van der Waals surface area contributed by atoms with E-state index in [1.807, 2.05) is 41.8 Å². The summed E-state index contributed by atoms with van der Waals surface area (Å²) in [6.07, 6.45) is 1.37. The second-order valence-corrected chi connectivity index (χ2v) is 7.14. The van der Waals surface area contributed by atoms with Gasteiger partial charge in [-0.05, 0) is 50.1 Å². The van der Waals surface area contributed by atoms with E-state index in [9.17, 15) is 14.0 Å². The van der Waals surface area contributed by atoms with Gasteiger partial charge in [0.2, 0.25) is 0 Å². The van der Waals surface area contributed by atoms with Crippen molar-refractivity contribution in [3.63, 3.8) is 0 Å². The van der Waals surface area contributed by atoms with Crippen molar-refractivity contribution in [1.29, 1.82) is 0 Å². The highest BCUT2D eigenvalue weighted by Gasteiger charge is 2.21. The lowest BCUT2D eigenvalue weighted by atomic mass is 10.0. The van der Waals surface area contributed by atoms with E-state index < -0.39 is 11.8 Å². The van der Waals surface area contributed by atoms with Crippen LogP contribution in [0, 0.1) is 12.7 Å². The lowest BCUT2D eigenvalue weighted by molar-refractivity contribution is 0.0525. The molecule has 2 aromatic carbocycles. The van der Waals surface area contributed by atoms with E-state index in [0.717, 1.165) is 5.56 Å². The fourth-order valence-electron chi connectivity index (χ4n) is 3.51. The summed E-state index contributed by atoms with van der Waals surface area (Å²) >= 11 is 0. The molecule has 0 fully saturated rings. The molecule has 0 aliphatic rings. The molecule has 0 spiro atoms. The first-order valence-electron chi connectivity index (χ1n) is 10.3. The van der Waals surface area contributed by atoms with Crippen LogP contribution < -0.4 is 0 Å². The number of rotatable bonds is 10. The molecule has 0 N–H and O–H groups in total. The monoisotopic (exact) mass is 423 g/mol. The summed E-state index contributed by atoms with van der Waals surface area (Å²) in [5, 5.41) is 0. The molecule has 1 aromatic heterocycles. The minimum Gasteiger partial charge on any atom is -0.462 e. The number of carbonyl (C=O) groups is 2. The summed E-state index contributed by atoms with van der Waals surface area (Å²) in [4.78, 5) is 24.0. The van der Waals surface area contributed by atoms with Crippen molar-refractivity contribution < 1.29 is 23.5 Å². The number of esters is 1. The molecule has 0 atom stereocenters. The Kier molecular flexibility index (Phi) is 7.73. The Morgan fingerprint density at radius 1 is 1.13 bits per heavy atom. The quantitative estimate of drug-likeness (QED) is 0.256. The lowest BCUT2D eigenvalue weighted by Gasteiger charge is -2.14. The summed E-state index contributed by atoms with van der Waals surface area (Å²) in [7, 11) is 0. The van der Waals surface area contributed by atoms with Crippen molar-refractivity contribution in [2.45, 2.75) is 33.4 Å². The number of halogens is 1. The molecule has 0 saturated heterocycles. The molecule has 0 unspecified atom stereocenters. The summed E-state index contributed by atoms with van der Waals surface area (Å²) in [6.45, 7) is 5.40. The standard InChI is InChI=1S/C25H26FNO4/c1-3-31-25(29)22-15-24(23-14-21(26)11-10-20(23)16-28)27(18(22)2)12-7-13-30-17-19-8-5-4-6-9-19/h4-6,8-11,14-16H,3,7,12-13,17H2,1-2H3. The van der Waals surface area contributed by atoms with E-state index in [4.69, 9.17) is 9.47 Å². The average Bonchev–Trinajstić information content (AvgIpc) is 3.10. The van der Waals surface area contributed by atoms with Gasteiger partial charge < -0.3 is 14.0 Å². The number of aromatic nitrogens is 1. The number of aldehydes is 1. The molecule has 1 heterocycles. The number of ether oxygens (including phenoxy) is 2. The highest BCUT2D eigenvalue weighted by Crippen LogP contribution is 2.30. The molecule has 0 aliphatic carbocycles. The summed E-state index contributed by atoms with van der Waals surface area (Å²) in [5.74, 6) is -0.890. The van der Waals surface area contributed by atoms with Crippen LogP contribution in [-0.2, 0) is 22.6 Å². The minimum absolute atomic E-state index is 0.256. The number of carbonyl (C=O) groups excluding carboxylic acids is 2. The van der Waals surface area contributed by atoms with Gasteiger partial charge in [0.05, 0.1) is 18.8 Å². The van der Waals surface area contributed by atoms with E-state index in [0.29, 0.717) is 60.5 Å². The van der Waals surface area contributed by atoms with Crippen LogP contribution in [0.25, 0.3) is 11.3 Å². The molecule has 0 saturated carbocycles.